The second kappa shape index (κ2) is 6.43. The lowest BCUT2D eigenvalue weighted by Crippen LogP contribution is -2.40. The number of hydrogen-bond donors (Lipinski definition) is 2. The van der Waals surface area contributed by atoms with Gasteiger partial charge in [0.1, 0.15) is 12.4 Å². The van der Waals surface area contributed by atoms with Crippen LogP contribution in [0.1, 0.15) is 25.1 Å². The number of aromatic nitrogens is 2. The number of nitrogens with one attached hydrogen (secondary N) is 1. The van der Waals surface area contributed by atoms with Crippen LogP contribution in [0.5, 0.6) is 0 Å². The number of guanidine groups is 1. The number of benzene rings is 1. The highest BCUT2D eigenvalue weighted by Gasteiger charge is 2.11. The molecule has 1 aromatic carbocycles. The first-order valence-electron chi connectivity index (χ1n) is 7.47. The van der Waals surface area contributed by atoms with Gasteiger partial charge in [-0.05, 0) is 24.8 Å². The topological polar surface area (TPSA) is 70.3 Å². The lowest BCUT2D eigenvalue weighted by Gasteiger charge is -2.27. The van der Waals surface area contributed by atoms with Gasteiger partial charge in [0, 0.05) is 13.1 Å². The van der Waals surface area contributed by atoms with Gasteiger partial charge >= 0.3 is 0 Å². The highest BCUT2D eigenvalue weighted by atomic mass is 15.3. The van der Waals surface area contributed by atoms with Gasteiger partial charge in [-0.3, -0.25) is 0 Å². The van der Waals surface area contributed by atoms with Crippen LogP contribution in [0, 0.1) is 0 Å². The van der Waals surface area contributed by atoms with Crippen LogP contribution < -0.4 is 5.73 Å². The van der Waals surface area contributed by atoms with Gasteiger partial charge in [0.25, 0.3) is 0 Å². The number of H-pyrrole nitrogens is 1. The summed E-state index contributed by atoms with van der Waals surface area (Å²) in [7, 11) is 0. The fourth-order valence-electron chi connectivity index (χ4n) is 2.59. The maximum Gasteiger partial charge on any atom is 0.191 e. The molecule has 0 spiro atoms. The first-order valence-corrected chi connectivity index (χ1v) is 7.47. The quantitative estimate of drug-likeness (QED) is 0.671. The molecule has 0 aliphatic carbocycles. The number of aliphatic imine (C=N–C) groups is 1. The lowest BCUT2D eigenvalue weighted by atomic mass is 10.1. The van der Waals surface area contributed by atoms with Gasteiger partial charge < -0.3 is 15.6 Å². The predicted molar refractivity (Wildman–Crippen MR) is 84.8 cm³/mol. The van der Waals surface area contributed by atoms with Crippen molar-refractivity contribution in [2.24, 2.45) is 10.7 Å². The molecule has 0 amide bonds. The van der Waals surface area contributed by atoms with E-state index in [9.17, 15) is 0 Å². The van der Waals surface area contributed by atoms with Gasteiger partial charge in [-0.2, -0.15) is 0 Å². The van der Waals surface area contributed by atoms with Crippen LogP contribution in [0.15, 0.2) is 41.5 Å². The van der Waals surface area contributed by atoms with Crippen molar-refractivity contribution in [1.82, 2.24) is 14.9 Å². The van der Waals surface area contributed by atoms with E-state index < -0.39 is 0 Å². The van der Waals surface area contributed by atoms with E-state index in [-0.39, 0.29) is 0 Å². The van der Waals surface area contributed by atoms with Crippen molar-refractivity contribution >= 4 is 5.96 Å². The second-order valence-corrected chi connectivity index (χ2v) is 5.33. The summed E-state index contributed by atoms with van der Waals surface area (Å²) in [5.41, 5.74) is 8.19. The number of hydrogen-bond acceptors (Lipinski definition) is 2. The smallest absolute Gasteiger partial charge is 0.191 e. The molecule has 1 saturated heterocycles. The van der Waals surface area contributed by atoms with Crippen molar-refractivity contribution in [3.63, 3.8) is 0 Å². The largest absolute Gasteiger partial charge is 0.370 e. The Morgan fingerprint density at radius 1 is 1.19 bits per heavy atom. The fourth-order valence-corrected chi connectivity index (χ4v) is 2.59. The number of nitrogens with zero attached hydrogens (tertiary/aromatic N) is 3. The predicted octanol–water partition coefficient (Wildman–Crippen LogP) is 2.38. The zero-order valence-corrected chi connectivity index (χ0v) is 12.1. The normalized spacial score (nSPS) is 16.2. The highest BCUT2D eigenvalue weighted by Crippen LogP contribution is 2.16. The Morgan fingerprint density at radius 3 is 2.71 bits per heavy atom. The summed E-state index contributed by atoms with van der Waals surface area (Å²) in [4.78, 5) is 14.3. The molecular formula is C16H21N5. The molecule has 5 heteroatoms. The summed E-state index contributed by atoms with van der Waals surface area (Å²) in [5, 5.41) is 0. The number of nitrogens with two attached hydrogens (primary N) is 1. The molecule has 0 atom stereocenters. The summed E-state index contributed by atoms with van der Waals surface area (Å²) < 4.78 is 0. The fraction of sp³-hybridized carbons (Fsp3) is 0.375. The average Bonchev–Trinajstić information content (AvgIpc) is 3.03. The molecule has 1 aliphatic rings. The molecule has 1 aromatic heterocycles. The van der Waals surface area contributed by atoms with E-state index in [0.717, 1.165) is 30.2 Å². The van der Waals surface area contributed by atoms with Crippen molar-refractivity contribution in [2.45, 2.75) is 25.8 Å². The molecule has 0 saturated carbocycles. The van der Waals surface area contributed by atoms with E-state index >= 15 is 0 Å². The molecule has 2 aromatic rings. The molecule has 1 aliphatic heterocycles. The number of likely N-dealkylation sites (tertiary alicyclic amines) is 1. The van der Waals surface area contributed by atoms with Crippen LogP contribution in [0.2, 0.25) is 0 Å². The molecule has 0 radical (unpaired) electrons. The number of piperidine rings is 1. The van der Waals surface area contributed by atoms with Crippen LogP contribution in [0.4, 0.5) is 0 Å². The molecule has 3 rings (SSSR count). The molecule has 1 fully saturated rings. The van der Waals surface area contributed by atoms with Crippen molar-refractivity contribution in [1.29, 1.82) is 0 Å². The Bertz CT molecular complexity index is 596. The average molecular weight is 283 g/mol. The Labute approximate surface area is 124 Å². The minimum atomic E-state index is 0.495. The summed E-state index contributed by atoms with van der Waals surface area (Å²) in [6.45, 7) is 2.53. The van der Waals surface area contributed by atoms with E-state index in [1.54, 1.807) is 0 Å². The monoisotopic (exact) mass is 283 g/mol. The van der Waals surface area contributed by atoms with Crippen LogP contribution >= 0.6 is 0 Å². The zero-order valence-electron chi connectivity index (χ0n) is 12.1. The van der Waals surface area contributed by atoms with E-state index in [1.807, 2.05) is 24.4 Å². The molecule has 5 nitrogen and oxygen atoms in total. The summed E-state index contributed by atoms with van der Waals surface area (Å²) in [6, 6.07) is 10.2. The van der Waals surface area contributed by atoms with Gasteiger partial charge in [-0.25, -0.2) is 9.98 Å². The highest BCUT2D eigenvalue weighted by molar-refractivity contribution is 5.78. The van der Waals surface area contributed by atoms with E-state index in [2.05, 4.69) is 32.0 Å². The van der Waals surface area contributed by atoms with Gasteiger partial charge in [0.05, 0.1) is 11.9 Å². The molecule has 0 bridgehead atoms. The van der Waals surface area contributed by atoms with Crippen LogP contribution in [-0.4, -0.2) is 33.9 Å². The molecule has 2 heterocycles. The maximum atomic E-state index is 6.05. The zero-order chi connectivity index (χ0) is 14.5. The first-order chi connectivity index (χ1) is 10.3. The standard InChI is InChI=1S/C16H21N5/c17-16(21-9-5-2-6-10-21)19-12-15-18-11-14(20-15)13-7-3-1-4-8-13/h1,3-4,7-8,11H,2,5-6,9-10,12H2,(H2,17,19)(H,18,20). The summed E-state index contributed by atoms with van der Waals surface area (Å²) in [6.07, 6.45) is 5.55. The van der Waals surface area contributed by atoms with E-state index in [1.165, 1.54) is 19.3 Å². The molecule has 3 N–H and O–H groups in total. The number of aromatic amines is 1. The number of imidazole rings is 1. The summed E-state index contributed by atoms with van der Waals surface area (Å²) in [5.74, 6) is 1.47. The first kappa shape index (κ1) is 13.7. The van der Waals surface area contributed by atoms with Crippen molar-refractivity contribution in [3.05, 3.63) is 42.4 Å². The van der Waals surface area contributed by atoms with Crippen molar-refractivity contribution < 1.29 is 0 Å². The van der Waals surface area contributed by atoms with Crippen LogP contribution in [0.25, 0.3) is 11.3 Å². The van der Waals surface area contributed by atoms with Crippen molar-refractivity contribution in [2.75, 3.05) is 13.1 Å². The maximum absolute atomic E-state index is 6.05. The van der Waals surface area contributed by atoms with Crippen molar-refractivity contribution in [3.8, 4) is 11.3 Å². The third kappa shape index (κ3) is 3.42. The minimum absolute atomic E-state index is 0.495. The molecule has 21 heavy (non-hydrogen) atoms. The van der Waals surface area contributed by atoms with Gasteiger partial charge in [-0.15, -0.1) is 0 Å². The van der Waals surface area contributed by atoms with E-state index in [4.69, 9.17) is 5.73 Å². The Kier molecular flexibility index (Phi) is 4.19. The van der Waals surface area contributed by atoms with Gasteiger partial charge in [-0.1, -0.05) is 30.3 Å². The van der Waals surface area contributed by atoms with Gasteiger partial charge in [0.15, 0.2) is 5.96 Å². The Hall–Kier alpha value is -2.30. The molecular weight excluding hydrogens is 262 g/mol. The molecule has 0 unspecified atom stereocenters. The van der Waals surface area contributed by atoms with E-state index in [0.29, 0.717) is 12.5 Å². The number of rotatable bonds is 3. The lowest BCUT2D eigenvalue weighted by molar-refractivity contribution is 0.338. The SMILES string of the molecule is NC(=NCc1ncc(-c2ccccc2)[nH]1)N1CCCCC1. The third-order valence-electron chi connectivity index (χ3n) is 3.78. The van der Waals surface area contributed by atoms with Gasteiger partial charge in [0.2, 0.25) is 0 Å². The third-order valence-corrected chi connectivity index (χ3v) is 3.78. The van der Waals surface area contributed by atoms with Crippen LogP contribution in [-0.2, 0) is 6.54 Å². The minimum Gasteiger partial charge on any atom is -0.370 e. The second-order valence-electron chi connectivity index (χ2n) is 5.33. The Morgan fingerprint density at radius 2 is 1.95 bits per heavy atom. The molecule has 110 valence electrons. The van der Waals surface area contributed by atoms with Crippen LogP contribution in [0.3, 0.4) is 0 Å². The summed E-state index contributed by atoms with van der Waals surface area (Å²) >= 11 is 0. The Balaban J connectivity index is 1.64.